The second-order valence-corrected chi connectivity index (χ2v) is 9.11. The summed E-state index contributed by atoms with van der Waals surface area (Å²) in [5.41, 5.74) is 11.1. The van der Waals surface area contributed by atoms with E-state index in [-0.39, 0.29) is 19.4 Å². The molecule has 0 bridgehead atoms. The van der Waals surface area contributed by atoms with E-state index in [4.69, 9.17) is 31.9 Å². The Hall–Kier alpha value is -4.32. The topological polar surface area (TPSA) is 318 Å². The smallest absolute Gasteiger partial charge is 0.326 e. The van der Waals surface area contributed by atoms with Crippen LogP contribution in [0.1, 0.15) is 58.3 Å². The van der Waals surface area contributed by atoms with Gasteiger partial charge < -0.3 is 53.2 Å². The number of nitrogens with one attached hydrogen (secondary N) is 4. The minimum Gasteiger partial charge on any atom is -0.481 e. The fraction of sp³-hybridized carbons (Fsp3) is 0.652. The van der Waals surface area contributed by atoms with Gasteiger partial charge in [0.1, 0.15) is 24.2 Å². The summed E-state index contributed by atoms with van der Waals surface area (Å²) in [4.78, 5) is 94.6. The van der Waals surface area contributed by atoms with Crippen LogP contribution in [-0.4, -0.2) is 105 Å². The van der Waals surface area contributed by atoms with Crippen molar-refractivity contribution in [1.29, 1.82) is 0 Å². The molecule has 0 unspecified atom stereocenters. The van der Waals surface area contributed by atoms with E-state index < -0.39 is 103 Å². The first-order valence-corrected chi connectivity index (χ1v) is 12.6. The minimum absolute atomic E-state index is 0.0115. The Labute approximate surface area is 234 Å². The first-order chi connectivity index (χ1) is 19.1. The van der Waals surface area contributed by atoms with Crippen LogP contribution in [-0.2, 0) is 38.4 Å². The highest BCUT2D eigenvalue weighted by molar-refractivity contribution is 5.95. The highest BCUT2D eigenvalue weighted by atomic mass is 16.4. The van der Waals surface area contributed by atoms with E-state index in [2.05, 4.69) is 16.0 Å². The molecular weight excluding hydrogens is 552 g/mol. The lowest BCUT2D eigenvalue weighted by Crippen LogP contribution is -2.58. The molecule has 4 amide bonds. The minimum atomic E-state index is -1.76. The van der Waals surface area contributed by atoms with Gasteiger partial charge >= 0.3 is 23.9 Å². The Morgan fingerprint density at radius 3 is 1.61 bits per heavy atom. The van der Waals surface area contributed by atoms with Gasteiger partial charge in [0.15, 0.2) is 0 Å². The molecule has 0 spiro atoms. The molecule has 0 radical (unpaired) electrons. The lowest BCUT2D eigenvalue weighted by atomic mass is 10.0. The summed E-state index contributed by atoms with van der Waals surface area (Å²) in [5.74, 6) is -9.35. The number of carbonyl (C=O) groups is 8. The molecule has 232 valence electrons. The number of hydrogen-bond donors (Lipinski definition) is 10. The molecule has 0 aromatic heterocycles. The molecule has 12 N–H and O–H groups in total. The second-order valence-electron chi connectivity index (χ2n) is 9.11. The molecule has 0 aliphatic heterocycles. The van der Waals surface area contributed by atoms with Crippen LogP contribution >= 0.6 is 0 Å². The van der Waals surface area contributed by atoms with Gasteiger partial charge in [-0.2, -0.15) is 0 Å². The Morgan fingerprint density at radius 2 is 1.10 bits per heavy atom. The molecule has 0 fully saturated rings. The molecule has 5 atom stereocenters. The SMILES string of the molecule is C[C@H](NC(=O)[C@H](CCCCN)NC(=O)[C@H](CCC(=O)O)NC(=O)[C@@H](N)CCC(=O)O)C(=O)N[C@@H](CC(=O)O)C(=O)O. The van der Waals surface area contributed by atoms with E-state index >= 15 is 0 Å². The standard InChI is InChI=1S/C23H38N6O12/c1-11(19(36)29-15(23(40)41)10-18(34)35)26-21(38)13(4-2-3-9-24)28-22(39)14(6-8-17(32)33)27-20(37)12(25)5-7-16(30)31/h11-15H,2-10,24-25H2,1H3,(H,26,38)(H,27,37)(H,28,39)(H,29,36)(H,30,31)(H,32,33)(H,34,35)(H,40,41)/t11-,12-,13-,14-,15-/m0/s1. The van der Waals surface area contributed by atoms with Crippen LogP contribution in [0.5, 0.6) is 0 Å². The summed E-state index contributed by atoms with van der Waals surface area (Å²) in [7, 11) is 0. The van der Waals surface area contributed by atoms with Gasteiger partial charge in [-0.05, 0) is 45.6 Å². The molecule has 18 nitrogen and oxygen atoms in total. The molecule has 0 rings (SSSR count). The van der Waals surface area contributed by atoms with Crippen LogP contribution in [0.2, 0.25) is 0 Å². The molecule has 0 saturated carbocycles. The van der Waals surface area contributed by atoms with Gasteiger partial charge in [0, 0.05) is 12.8 Å². The van der Waals surface area contributed by atoms with Crippen molar-refractivity contribution < 1.29 is 58.8 Å². The number of hydrogen-bond acceptors (Lipinski definition) is 10. The predicted octanol–water partition coefficient (Wildman–Crippen LogP) is -3.31. The van der Waals surface area contributed by atoms with Crippen molar-refractivity contribution in [2.24, 2.45) is 11.5 Å². The van der Waals surface area contributed by atoms with Gasteiger partial charge in [0.05, 0.1) is 12.5 Å². The lowest BCUT2D eigenvalue weighted by Gasteiger charge is -2.25. The van der Waals surface area contributed by atoms with Crippen molar-refractivity contribution in [2.75, 3.05) is 6.54 Å². The van der Waals surface area contributed by atoms with Crippen molar-refractivity contribution in [1.82, 2.24) is 21.3 Å². The van der Waals surface area contributed by atoms with Crippen molar-refractivity contribution in [3.63, 3.8) is 0 Å². The van der Waals surface area contributed by atoms with E-state index in [0.717, 1.165) is 0 Å². The Morgan fingerprint density at radius 1 is 0.610 bits per heavy atom. The monoisotopic (exact) mass is 590 g/mol. The van der Waals surface area contributed by atoms with Crippen LogP contribution in [0.15, 0.2) is 0 Å². The number of aliphatic carboxylic acids is 4. The maximum atomic E-state index is 13.0. The van der Waals surface area contributed by atoms with Gasteiger partial charge in [-0.25, -0.2) is 4.79 Å². The number of unbranched alkanes of at least 4 members (excludes halogenated alkanes) is 1. The fourth-order valence-corrected chi connectivity index (χ4v) is 3.31. The molecule has 0 aliphatic carbocycles. The molecule has 41 heavy (non-hydrogen) atoms. The highest BCUT2D eigenvalue weighted by Gasteiger charge is 2.31. The number of carboxylic acids is 4. The molecule has 0 heterocycles. The molecular formula is C23H38N6O12. The average molecular weight is 591 g/mol. The van der Waals surface area contributed by atoms with Crippen LogP contribution in [0.25, 0.3) is 0 Å². The number of nitrogens with two attached hydrogens (primary N) is 2. The third-order valence-corrected chi connectivity index (χ3v) is 5.61. The number of rotatable bonds is 21. The average Bonchev–Trinajstić information content (AvgIpc) is 2.87. The molecule has 0 aromatic rings. The zero-order valence-electron chi connectivity index (χ0n) is 22.5. The number of amides is 4. The van der Waals surface area contributed by atoms with E-state index in [1.54, 1.807) is 0 Å². The normalized spacial score (nSPS) is 14.3. The summed E-state index contributed by atoms with van der Waals surface area (Å²) >= 11 is 0. The largest absolute Gasteiger partial charge is 0.481 e. The zero-order chi connectivity index (χ0) is 31.7. The Kier molecular flexibility index (Phi) is 16.9. The fourth-order valence-electron chi connectivity index (χ4n) is 3.31. The van der Waals surface area contributed by atoms with Crippen molar-refractivity contribution in [3.05, 3.63) is 0 Å². The second kappa shape index (κ2) is 18.9. The van der Waals surface area contributed by atoms with Crippen LogP contribution in [0.3, 0.4) is 0 Å². The first-order valence-electron chi connectivity index (χ1n) is 12.6. The predicted molar refractivity (Wildman–Crippen MR) is 138 cm³/mol. The van der Waals surface area contributed by atoms with Crippen LogP contribution in [0.4, 0.5) is 0 Å². The van der Waals surface area contributed by atoms with Gasteiger partial charge in [-0.1, -0.05) is 0 Å². The van der Waals surface area contributed by atoms with E-state index in [0.29, 0.717) is 12.8 Å². The molecule has 18 heteroatoms. The van der Waals surface area contributed by atoms with Crippen molar-refractivity contribution >= 4 is 47.5 Å². The van der Waals surface area contributed by atoms with Gasteiger partial charge in [0.25, 0.3) is 0 Å². The number of carboxylic acid groups (broad SMARTS) is 4. The first kappa shape index (κ1) is 36.7. The molecule has 0 saturated heterocycles. The maximum Gasteiger partial charge on any atom is 0.326 e. The van der Waals surface area contributed by atoms with E-state index in [1.807, 2.05) is 5.32 Å². The van der Waals surface area contributed by atoms with Gasteiger partial charge in [-0.15, -0.1) is 0 Å². The summed E-state index contributed by atoms with van der Waals surface area (Å²) in [6, 6.07) is -7.21. The van der Waals surface area contributed by atoms with E-state index in [1.165, 1.54) is 6.92 Å². The number of carbonyl (C=O) groups excluding carboxylic acids is 4. The third-order valence-electron chi connectivity index (χ3n) is 5.61. The Balaban J connectivity index is 5.61. The summed E-state index contributed by atoms with van der Waals surface area (Å²) in [5, 5.41) is 44.6. The summed E-state index contributed by atoms with van der Waals surface area (Å²) in [6.45, 7) is 1.45. The van der Waals surface area contributed by atoms with Crippen molar-refractivity contribution in [2.45, 2.75) is 88.5 Å². The van der Waals surface area contributed by atoms with Crippen LogP contribution in [0, 0.1) is 0 Å². The summed E-state index contributed by atoms with van der Waals surface area (Å²) < 4.78 is 0. The summed E-state index contributed by atoms with van der Waals surface area (Å²) in [6.07, 6.45) is -1.75. The zero-order valence-corrected chi connectivity index (χ0v) is 22.5. The van der Waals surface area contributed by atoms with E-state index in [9.17, 15) is 38.4 Å². The lowest BCUT2D eigenvalue weighted by molar-refractivity contribution is -0.147. The highest BCUT2D eigenvalue weighted by Crippen LogP contribution is 2.06. The van der Waals surface area contributed by atoms with Gasteiger partial charge in [-0.3, -0.25) is 33.6 Å². The molecule has 0 aromatic carbocycles. The van der Waals surface area contributed by atoms with Gasteiger partial charge in [0.2, 0.25) is 23.6 Å². The Bertz CT molecular complexity index is 975. The quantitative estimate of drug-likeness (QED) is 0.0585. The third kappa shape index (κ3) is 15.8. The van der Waals surface area contributed by atoms with Crippen LogP contribution < -0.4 is 32.7 Å². The maximum absolute atomic E-state index is 13.0. The van der Waals surface area contributed by atoms with Crippen molar-refractivity contribution in [3.8, 4) is 0 Å². The molecule has 0 aliphatic rings.